The predicted molar refractivity (Wildman–Crippen MR) is 144 cm³/mol. The molecule has 2 rings (SSSR count). The van der Waals surface area contributed by atoms with Gasteiger partial charge in [-0.1, -0.05) is 24.2 Å². The number of ether oxygens (including phenoxy) is 1. The molecule has 0 aliphatic rings. The molecular weight excluding hydrogens is 533 g/mol. The number of aryl methyl sites for hydroxylation is 2. The lowest BCUT2D eigenvalue weighted by atomic mass is 10.00. The van der Waals surface area contributed by atoms with Crippen molar-refractivity contribution in [3.8, 4) is 0 Å². The third-order valence-corrected chi connectivity index (χ3v) is 4.75. The fourth-order valence-electron chi connectivity index (χ4n) is 3.36. The standard InChI is InChI=1S/C24H37N5O3.HI/c1-8-25-22(27-15-16(2)21-17(3)29-32-18(21)4)26-14-13-19-9-11-20(12-10-19)28-23(30)31-24(5,6)7;/h9-12,16H,8,13-15H2,1-7H3,(H,28,30)(H2,25,26,27);1H. The Morgan fingerprint density at radius 2 is 1.85 bits per heavy atom. The molecule has 0 aliphatic carbocycles. The van der Waals surface area contributed by atoms with Gasteiger partial charge in [0.05, 0.1) is 5.69 Å². The number of hydrogen-bond acceptors (Lipinski definition) is 5. The summed E-state index contributed by atoms with van der Waals surface area (Å²) in [7, 11) is 0. The number of hydrogen-bond donors (Lipinski definition) is 3. The highest BCUT2D eigenvalue weighted by Gasteiger charge is 2.17. The van der Waals surface area contributed by atoms with Gasteiger partial charge in [0.25, 0.3) is 0 Å². The summed E-state index contributed by atoms with van der Waals surface area (Å²) < 4.78 is 10.5. The molecule has 2 aromatic rings. The van der Waals surface area contributed by atoms with Crippen LogP contribution in [0.2, 0.25) is 0 Å². The first kappa shape index (κ1) is 28.7. The lowest BCUT2D eigenvalue weighted by Gasteiger charge is -2.19. The minimum Gasteiger partial charge on any atom is -0.444 e. The largest absolute Gasteiger partial charge is 0.444 e. The molecular formula is C24H38IN5O3. The van der Waals surface area contributed by atoms with Crippen molar-refractivity contribution < 1.29 is 14.1 Å². The second kappa shape index (κ2) is 13.4. The molecule has 0 spiro atoms. The number of rotatable bonds is 8. The molecule has 0 saturated heterocycles. The molecule has 184 valence electrons. The molecule has 0 fully saturated rings. The van der Waals surface area contributed by atoms with Gasteiger partial charge in [0.15, 0.2) is 5.96 Å². The van der Waals surface area contributed by atoms with E-state index in [-0.39, 0.29) is 29.9 Å². The zero-order valence-electron chi connectivity index (χ0n) is 20.7. The SMILES string of the molecule is CCNC(=NCC(C)c1c(C)noc1C)NCCc1ccc(NC(=O)OC(C)(C)C)cc1.I. The molecule has 9 heteroatoms. The number of aliphatic imine (C=N–C) groups is 1. The monoisotopic (exact) mass is 571 g/mol. The minimum atomic E-state index is -0.521. The number of amides is 1. The second-order valence-corrected chi connectivity index (χ2v) is 8.86. The molecule has 1 aromatic carbocycles. The predicted octanol–water partition coefficient (Wildman–Crippen LogP) is 5.16. The highest BCUT2D eigenvalue weighted by molar-refractivity contribution is 14.0. The van der Waals surface area contributed by atoms with Gasteiger partial charge in [0, 0.05) is 36.8 Å². The molecule has 1 amide bonds. The number of guanidine groups is 1. The maximum atomic E-state index is 11.9. The molecule has 1 unspecified atom stereocenters. The summed E-state index contributed by atoms with van der Waals surface area (Å²) in [6, 6.07) is 7.75. The molecule has 0 radical (unpaired) electrons. The van der Waals surface area contributed by atoms with Crippen molar-refractivity contribution in [3.63, 3.8) is 0 Å². The van der Waals surface area contributed by atoms with Crippen molar-refractivity contribution in [3.05, 3.63) is 46.8 Å². The number of aromatic nitrogens is 1. The van der Waals surface area contributed by atoms with Crippen LogP contribution in [0.3, 0.4) is 0 Å². The van der Waals surface area contributed by atoms with Crippen LogP contribution in [0, 0.1) is 13.8 Å². The van der Waals surface area contributed by atoms with Crippen LogP contribution >= 0.6 is 24.0 Å². The van der Waals surface area contributed by atoms with Crippen LogP contribution in [0.4, 0.5) is 10.5 Å². The number of benzene rings is 1. The average molecular weight is 572 g/mol. The quantitative estimate of drug-likeness (QED) is 0.230. The van der Waals surface area contributed by atoms with Crippen LogP contribution in [0.15, 0.2) is 33.8 Å². The van der Waals surface area contributed by atoms with Gasteiger partial charge >= 0.3 is 6.09 Å². The lowest BCUT2D eigenvalue weighted by Crippen LogP contribution is -2.38. The van der Waals surface area contributed by atoms with Gasteiger partial charge in [-0.15, -0.1) is 24.0 Å². The first-order valence-electron chi connectivity index (χ1n) is 11.1. The summed E-state index contributed by atoms with van der Waals surface area (Å²) >= 11 is 0. The van der Waals surface area contributed by atoms with Crippen LogP contribution < -0.4 is 16.0 Å². The fraction of sp³-hybridized carbons (Fsp3) is 0.542. The molecule has 33 heavy (non-hydrogen) atoms. The van der Waals surface area contributed by atoms with E-state index < -0.39 is 11.7 Å². The molecule has 0 saturated carbocycles. The summed E-state index contributed by atoms with van der Waals surface area (Å²) in [5.74, 6) is 1.86. The van der Waals surface area contributed by atoms with E-state index in [2.05, 4.69) is 28.0 Å². The van der Waals surface area contributed by atoms with Gasteiger partial charge in [-0.2, -0.15) is 0 Å². The second-order valence-electron chi connectivity index (χ2n) is 8.86. The molecule has 3 N–H and O–H groups in total. The van der Waals surface area contributed by atoms with E-state index in [1.807, 2.05) is 65.8 Å². The Morgan fingerprint density at radius 3 is 2.39 bits per heavy atom. The van der Waals surface area contributed by atoms with Gasteiger partial charge in [0.1, 0.15) is 11.4 Å². The van der Waals surface area contributed by atoms with Crippen LogP contribution in [0.5, 0.6) is 0 Å². The average Bonchev–Trinajstić information content (AvgIpc) is 3.04. The molecule has 0 aliphatic heterocycles. The summed E-state index contributed by atoms with van der Waals surface area (Å²) in [4.78, 5) is 16.6. The zero-order valence-corrected chi connectivity index (χ0v) is 23.1. The van der Waals surface area contributed by atoms with Crippen molar-refractivity contribution in [1.29, 1.82) is 0 Å². The van der Waals surface area contributed by atoms with E-state index in [1.165, 1.54) is 0 Å². The van der Waals surface area contributed by atoms with E-state index >= 15 is 0 Å². The Morgan fingerprint density at radius 1 is 1.18 bits per heavy atom. The topological polar surface area (TPSA) is 101 Å². The summed E-state index contributed by atoms with van der Waals surface area (Å²) in [5, 5.41) is 13.5. The van der Waals surface area contributed by atoms with Gasteiger partial charge in [-0.05, 0) is 65.7 Å². The van der Waals surface area contributed by atoms with Gasteiger partial charge in [-0.3, -0.25) is 10.3 Å². The summed E-state index contributed by atoms with van der Waals surface area (Å²) in [6.45, 7) is 15.8. The minimum absolute atomic E-state index is 0. The Hall–Kier alpha value is -2.30. The molecule has 8 nitrogen and oxygen atoms in total. The third-order valence-electron chi connectivity index (χ3n) is 4.75. The van der Waals surface area contributed by atoms with E-state index in [9.17, 15) is 4.79 Å². The van der Waals surface area contributed by atoms with Crippen LogP contribution in [0.1, 0.15) is 63.1 Å². The lowest BCUT2D eigenvalue weighted by molar-refractivity contribution is 0.0636. The maximum absolute atomic E-state index is 11.9. The van der Waals surface area contributed by atoms with E-state index in [0.29, 0.717) is 12.2 Å². The Balaban J connectivity index is 0.00000544. The zero-order chi connectivity index (χ0) is 23.7. The van der Waals surface area contributed by atoms with Crippen molar-refractivity contribution in [1.82, 2.24) is 15.8 Å². The van der Waals surface area contributed by atoms with Crippen LogP contribution in [-0.2, 0) is 11.2 Å². The summed E-state index contributed by atoms with van der Waals surface area (Å²) in [5.41, 5.74) is 3.40. The van der Waals surface area contributed by atoms with Gasteiger partial charge in [0.2, 0.25) is 0 Å². The number of carbonyl (C=O) groups is 1. The van der Waals surface area contributed by atoms with E-state index in [0.717, 1.165) is 48.1 Å². The highest BCUT2D eigenvalue weighted by atomic mass is 127. The third kappa shape index (κ3) is 10.0. The maximum Gasteiger partial charge on any atom is 0.412 e. The Kier molecular flexibility index (Phi) is 11.7. The highest BCUT2D eigenvalue weighted by Crippen LogP contribution is 2.23. The fourth-order valence-corrected chi connectivity index (χ4v) is 3.36. The van der Waals surface area contributed by atoms with Crippen LogP contribution in [0.25, 0.3) is 0 Å². The number of nitrogens with one attached hydrogen (secondary N) is 3. The first-order valence-corrected chi connectivity index (χ1v) is 11.1. The summed E-state index contributed by atoms with van der Waals surface area (Å²) in [6.07, 6.45) is 0.375. The van der Waals surface area contributed by atoms with Gasteiger partial charge < -0.3 is 19.9 Å². The number of nitrogens with zero attached hydrogens (tertiary/aromatic N) is 2. The van der Waals surface area contributed by atoms with E-state index in [4.69, 9.17) is 14.3 Å². The number of carbonyl (C=O) groups excluding carboxylic acids is 1. The van der Waals surface area contributed by atoms with Crippen LogP contribution in [-0.4, -0.2) is 42.4 Å². The number of halogens is 1. The molecule has 1 atom stereocenters. The molecule has 1 heterocycles. The smallest absolute Gasteiger partial charge is 0.412 e. The Bertz CT molecular complexity index is 884. The van der Waals surface area contributed by atoms with Gasteiger partial charge in [-0.25, -0.2) is 4.79 Å². The van der Waals surface area contributed by atoms with Crippen molar-refractivity contribution in [2.75, 3.05) is 25.0 Å². The number of anilines is 1. The molecule has 1 aromatic heterocycles. The Labute approximate surface area is 214 Å². The first-order chi connectivity index (χ1) is 15.1. The van der Waals surface area contributed by atoms with Crippen molar-refractivity contribution >= 4 is 41.7 Å². The molecule has 0 bridgehead atoms. The normalized spacial score (nSPS) is 12.5. The van der Waals surface area contributed by atoms with Crippen molar-refractivity contribution in [2.24, 2.45) is 4.99 Å². The van der Waals surface area contributed by atoms with Crippen molar-refractivity contribution in [2.45, 2.75) is 66.4 Å². The van der Waals surface area contributed by atoms with E-state index in [1.54, 1.807) is 0 Å².